The van der Waals surface area contributed by atoms with Gasteiger partial charge in [0.1, 0.15) is 5.82 Å². The molecule has 1 aromatic carbocycles. The number of aromatic nitrogens is 2. The summed E-state index contributed by atoms with van der Waals surface area (Å²) in [6.07, 6.45) is 3.70. The standard InChI is InChI=1S/C19H23N3O/c1-4-8-13(2)16-11-17(23)20-19-18(16)14(3)21-22(19)12-15-9-6-5-7-10-15/h5-10,16H,4,11-12H2,1-3H3,(H,20,23)/b13-8+. The van der Waals surface area contributed by atoms with Crippen LogP contribution in [0.3, 0.4) is 0 Å². The number of carbonyl (C=O) groups excluding carboxylic acids is 1. The summed E-state index contributed by atoms with van der Waals surface area (Å²) in [7, 11) is 0. The molecule has 2 heterocycles. The van der Waals surface area contributed by atoms with Crippen LogP contribution >= 0.6 is 0 Å². The molecule has 4 heteroatoms. The molecular weight excluding hydrogens is 286 g/mol. The number of benzene rings is 1. The van der Waals surface area contributed by atoms with Crippen LogP contribution < -0.4 is 5.32 Å². The molecule has 120 valence electrons. The average Bonchev–Trinajstić information content (AvgIpc) is 2.84. The average molecular weight is 309 g/mol. The topological polar surface area (TPSA) is 46.9 Å². The molecule has 23 heavy (non-hydrogen) atoms. The van der Waals surface area contributed by atoms with E-state index >= 15 is 0 Å². The largest absolute Gasteiger partial charge is 0.311 e. The maximum Gasteiger partial charge on any atom is 0.226 e. The summed E-state index contributed by atoms with van der Waals surface area (Å²) in [5, 5.41) is 7.72. The Balaban J connectivity index is 2.01. The highest BCUT2D eigenvalue weighted by molar-refractivity contribution is 5.94. The number of anilines is 1. The third-order valence-electron chi connectivity index (χ3n) is 4.42. The van der Waals surface area contributed by atoms with E-state index in [9.17, 15) is 4.79 Å². The minimum Gasteiger partial charge on any atom is -0.311 e. The fourth-order valence-corrected chi connectivity index (χ4v) is 3.34. The number of carbonyl (C=O) groups is 1. The summed E-state index contributed by atoms with van der Waals surface area (Å²) in [5.41, 5.74) is 4.61. The van der Waals surface area contributed by atoms with E-state index in [1.54, 1.807) is 0 Å². The summed E-state index contributed by atoms with van der Waals surface area (Å²) in [6.45, 7) is 6.94. The Hall–Kier alpha value is -2.36. The molecule has 0 spiro atoms. The van der Waals surface area contributed by atoms with Crippen LogP contribution in [0, 0.1) is 6.92 Å². The van der Waals surface area contributed by atoms with Crippen LogP contribution in [0.4, 0.5) is 5.82 Å². The zero-order valence-corrected chi connectivity index (χ0v) is 14.0. The Morgan fingerprint density at radius 3 is 2.83 bits per heavy atom. The first-order chi connectivity index (χ1) is 11.1. The van der Waals surface area contributed by atoms with Gasteiger partial charge in [0.05, 0.1) is 12.2 Å². The summed E-state index contributed by atoms with van der Waals surface area (Å²) in [4.78, 5) is 12.2. The van der Waals surface area contributed by atoms with Gasteiger partial charge in [-0.1, -0.05) is 48.9 Å². The van der Waals surface area contributed by atoms with Crippen molar-refractivity contribution in [1.29, 1.82) is 0 Å². The molecule has 1 aliphatic heterocycles. The molecule has 0 saturated heterocycles. The zero-order valence-electron chi connectivity index (χ0n) is 14.0. The van der Waals surface area contributed by atoms with Gasteiger partial charge in [0.15, 0.2) is 0 Å². The third-order valence-corrected chi connectivity index (χ3v) is 4.42. The van der Waals surface area contributed by atoms with E-state index in [1.165, 1.54) is 16.7 Å². The molecule has 0 bridgehead atoms. The Labute approximate surface area is 137 Å². The van der Waals surface area contributed by atoms with E-state index in [-0.39, 0.29) is 11.8 Å². The summed E-state index contributed by atoms with van der Waals surface area (Å²) in [6, 6.07) is 10.2. The van der Waals surface area contributed by atoms with E-state index in [1.807, 2.05) is 29.8 Å². The quantitative estimate of drug-likeness (QED) is 0.867. The second-order valence-electron chi connectivity index (χ2n) is 6.15. The van der Waals surface area contributed by atoms with E-state index in [4.69, 9.17) is 0 Å². The molecule has 0 aliphatic carbocycles. The SMILES string of the molecule is CC/C=C(\C)C1CC(=O)Nc2c1c(C)nn2Cc1ccccc1. The fraction of sp³-hybridized carbons (Fsp3) is 0.368. The summed E-state index contributed by atoms with van der Waals surface area (Å²) >= 11 is 0. The minimum absolute atomic E-state index is 0.0700. The van der Waals surface area contributed by atoms with E-state index in [0.717, 1.165) is 17.9 Å². The third kappa shape index (κ3) is 3.07. The van der Waals surface area contributed by atoms with Crippen molar-refractivity contribution in [2.45, 2.75) is 46.1 Å². The molecule has 1 atom stereocenters. The molecule has 1 N–H and O–H groups in total. The Morgan fingerprint density at radius 1 is 1.39 bits per heavy atom. The van der Waals surface area contributed by atoms with Gasteiger partial charge in [0.25, 0.3) is 0 Å². The smallest absolute Gasteiger partial charge is 0.226 e. The van der Waals surface area contributed by atoms with Crippen molar-refractivity contribution in [2.24, 2.45) is 0 Å². The molecule has 0 radical (unpaired) electrons. The van der Waals surface area contributed by atoms with Gasteiger partial charge in [-0.3, -0.25) is 4.79 Å². The van der Waals surface area contributed by atoms with Gasteiger partial charge in [-0.2, -0.15) is 5.10 Å². The van der Waals surface area contributed by atoms with Gasteiger partial charge in [0.2, 0.25) is 5.91 Å². The van der Waals surface area contributed by atoms with Crippen molar-refractivity contribution in [3.8, 4) is 0 Å². The van der Waals surface area contributed by atoms with Crippen LogP contribution in [-0.2, 0) is 11.3 Å². The monoisotopic (exact) mass is 309 g/mol. The van der Waals surface area contributed by atoms with Crippen LogP contribution in [0.25, 0.3) is 0 Å². The second-order valence-corrected chi connectivity index (χ2v) is 6.15. The molecule has 1 unspecified atom stereocenters. The van der Waals surface area contributed by atoms with Crippen LogP contribution in [0.2, 0.25) is 0 Å². The van der Waals surface area contributed by atoms with E-state index < -0.39 is 0 Å². The highest BCUT2D eigenvalue weighted by Crippen LogP contribution is 2.39. The normalized spacial score (nSPS) is 17.8. The first-order valence-electron chi connectivity index (χ1n) is 8.17. The van der Waals surface area contributed by atoms with Crippen LogP contribution in [0.5, 0.6) is 0 Å². The molecule has 0 saturated carbocycles. The van der Waals surface area contributed by atoms with Gasteiger partial charge in [-0.05, 0) is 25.8 Å². The number of nitrogens with zero attached hydrogens (tertiary/aromatic N) is 2. The molecule has 1 amide bonds. The number of hydrogen-bond donors (Lipinski definition) is 1. The lowest BCUT2D eigenvalue weighted by Crippen LogP contribution is -2.25. The molecule has 1 aromatic heterocycles. The number of rotatable bonds is 4. The van der Waals surface area contributed by atoms with Gasteiger partial charge in [0, 0.05) is 17.9 Å². The van der Waals surface area contributed by atoms with Crippen molar-refractivity contribution < 1.29 is 4.79 Å². The lowest BCUT2D eigenvalue weighted by molar-refractivity contribution is -0.116. The number of allylic oxidation sites excluding steroid dienone is 2. The Bertz CT molecular complexity index is 743. The summed E-state index contributed by atoms with van der Waals surface area (Å²) in [5.74, 6) is 1.07. The van der Waals surface area contributed by atoms with Crippen LogP contribution in [-0.4, -0.2) is 15.7 Å². The molecule has 1 aliphatic rings. The molecular formula is C19H23N3O. The first-order valence-corrected chi connectivity index (χ1v) is 8.17. The Morgan fingerprint density at radius 2 is 2.13 bits per heavy atom. The molecule has 4 nitrogen and oxygen atoms in total. The van der Waals surface area contributed by atoms with E-state index in [2.05, 4.69) is 42.5 Å². The van der Waals surface area contributed by atoms with Gasteiger partial charge in [-0.15, -0.1) is 0 Å². The van der Waals surface area contributed by atoms with Gasteiger partial charge in [-0.25, -0.2) is 4.68 Å². The Kier molecular flexibility index (Phi) is 4.33. The number of hydrogen-bond acceptors (Lipinski definition) is 2. The van der Waals surface area contributed by atoms with Crippen molar-refractivity contribution in [1.82, 2.24) is 9.78 Å². The van der Waals surface area contributed by atoms with Crippen LogP contribution in [0.1, 0.15) is 49.4 Å². The van der Waals surface area contributed by atoms with Crippen molar-refractivity contribution in [3.05, 3.63) is 58.8 Å². The lowest BCUT2D eigenvalue weighted by atomic mass is 9.86. The molecule has 3 rings (SSSR count). The zero-order chi connectivity index (χ0) is 16.4. The number of aryl methyl sites for hydroxylation is 1. The maximum atomic E-state index is 12.2. The highest BCUT2D eigenvalue weighted by atomic mass is 16.1. The fourth-order valence-electron chi connectivity index (χ4n) is 3.34. The lowest BCUT2D eigenvalue weighted by Gasteiger charge is -2.25. The predicted octanol–water partition coefficient (Wildman–Crippen LogP) is 4.02. The van der Waals surface area contributed by atoms with Gasteiger partial charge >= 0.3 is 0 Å². The minimum atomic E-state index is 0.0700. The number of fused-ring (bicyclic) bond motifs is 1. The second kappa shape index (κ2) is 6.41. The maximum absolute atomic E-state index is 12.2. The van der Waals surface area contributed by atoms with Gasteiger partial charge < -0.3 is 5.32 Å². The van der Waals surface area contributed by atoms with Crippen molar-refractivity contribution in [3.63, 3.8) is 0 Å². The summed E-state index contributed by atoms with van der Waals surface area (Å²) < 4.78 is 1.92. The van der Waals surface area contributed by atoms with Crippen molar-refractivity contribution >= 4 is 11.7 Å². The van der Waals surface area contributed by atoms with Crippen LogP contribution in [0.15, 0.2) is 42.0 Å². The highest BCUT2D eigenvalue weighted by Gasteiger charge is 2.31. The predicted molar refractivity (Wildman–Crippen MR) is 92.5 cm³/mol. The number of nitrogens with one attached hydrogen (secondary N) is 1. The van der Waals surface area contributed by atoms with Crippen molar-refractivity contribution in [2.75, 3.05) is 5.32 Å². The molecule has 2 aromatic rings. The number of amides is 1. The van der Waals surface area contributed by atoms with E-state index in [0.29, 0.717) is 13.0 Å². The first kappa shape index (κ1) is 15.5. The molecule has 0 fully saturated rings.